The van der Waals surface area contributed by atoms with Gasteiger partial charge in [0.25, 0.3) is 0 Å². The van der Waals surface area contributed by atoms with E-state index in [2.05, 4.69) is 113 Å². The van der Waals surface area contributed by atoms with Crippen molar-refractivity contribution in [1.82, 2.24) is 0 Å². The number of rotatable bonds is 10. The predicted octanol–water partition coefficient (Wildman–Crippen LogP) is 16.0. The average molecular weight is 777 g/mol. The largest absolute Gasteiger partial charge is 0.457 e. The van der Waals surface area contributed by atoms with E-state index in [1.165, 1.54) is 0 Å². The van der Waals surface area contributed by atoms with E-state index in [4.69, 9.17) is 18.3 Å². The number of fused-ring (bicyclic) bond motifs is 6. The van der Waals surface area contributed by atoms with Gasteiger partial charge in [0, 0.05) is 63.9 Å². The molecule has 0 spiro atoms. The molecule has 11 rings (SSSR count). The quantitative estimate of drug-likeness (QED) is 0.138. The molecule has 2 heterocycles. The minimum atomic E-state index is 0.611. The molecule has 286 valence electrons. The molecule has 0 atom stereocenters. The van der Waals surface area contributed by atoms with Crippen LogP contribution in [0.25, 0.3) is 43.9 Å². The van der Waals surface area contributed by atoms with Crippen LogP contribution in [0.5, 0.6) is 23.0 Å². The van der Waals surface area contributed by atoms with Gasteiger partial charge >= 0.3 is 0 Å². The number of nitrogens with zero attached hydrogens (tertiary/aromatic N) is 2. The Kier molecular flexibility index (Phi) is 8.71. The van der Waals surface area contributed by atoms with Crippen molar-refractivity contribution < 1.29 is 18.3 Å². The molecule has 2 aromatic heterocycles. The van der Waals surface area contributed by atoms with Crippen LogP contribution in [0.4, 0.5) is 34.1 Å². The Balaban J connectivity index is 1.02. The molecule has 9 aromatic carbocycles. The minimum absolute atomic E-state index is 0.611. The van der Waals surface area contributed by atoms with Gasteiger partial charge < -0.3 is 28.1 Å². The molecule has 0 saturated heterocycles. The fourth-order valence-electron chi connectivity index (χ4n) is 8.10. The molecule has 0 radical (unpaired) electrons. The maximum atomic E-state index is 6.89. The lowest BCUT2D eigenvalue weighted by Crippen LogP contribution is -2.10. The maximum absolute atomic E-state index is 6.89. The Morgan fingerprint density at radius 3 is 1.33 bits per heavy atom. The van der Waals surface area contributed by atoms with Crippen molar-refractivity contribution in [3.8, 4) is 23.0 Å². The lowest BCUT2D eigenvalue weighted by Gasteiger charge is -2.26. The maximum Gasteiger partial charge on any atom is 0.141 e. The molecule has 0 aliphatic carbocycles. The fourth-order valence-corrected chi connectivity index (χ4v) is 8.10. The summed E-state index contributed by atoms with van der Waals surface area (Å²) >= 11 is 0. The molecule has 0 aliphatic heterocycles. The lowest BCUT2D eigenvalue weighted by atomic mass is 10.1. The number of furan rings is 2. The topological polar surface area (TPSA) is 51.2 Å². The van der Waals surface area contributed by atoms with Gasteiger partial charge in [0.2, 0.25) is 0 Å². The van der Waals surface area contributed by atoms with Crippen LogP contribution in [0.2, 0.25) is 0 Å². The molecule has 6 heteroatoms. The van der Waals surface area contributed by atoms with Gasteiger partial charge in [0.1, 0.15) is 45.3 Å². The van der Waals surface area contributed by atoms with Gasteiger partial charge in [-0.15, -0.1) is 0 Å². The Morgan fingerprint density at radius 1 is 0.300 bits per heavy atom. The fraction of sp³-hybridized carbons (Fsp3) is 0. The van der Waals surface area contributed by atoms with Gasteiger partial charge in [-0.3, -0.25) is 0 Å². The monoisotopic (exact) mass is 776 g/mol. The van der Waals surface area contributed by atoms with Crippen LogP contribution in [0, 0.1) is 0 Å². The summed E-state index contributed by atoms with van der Waals surface area (Å²) in [5.74, 6) is 2.51. The third-order valence-electron chi connectivity index (χ3n) is 10.7. The molecule has 11 aromatic rings. The highest BCUT2D eigenvalue weighted by atomic mass is 16.5. The van der Waals surface area contributed by atoms with E-state index in [0.717, 1.165) is 78.0 Å². The van der Waals surface area contributed by atoms with E-state index < -0.39 is 0 Å². The SMILES string of the molecule is c1ccc(N(c2ccccc2)c2cc(Oc3cccc(Oc4cc(N(c5ccccc5)c5ccccc5)c5c(c4)oc4ccccc45)c3)c3c(c2)oc2ccccc23)cc1. The highest BCUT2D eigenvalue weighted by Gasteiger charge is 2.23. The van der Waals surface area contributed by atoms with Crippen LogP contribution in [-0.4, -0.2) is 0 Å². The summed E-state index contributed by atoms with van der Waals surface area (Å²) in [7, 11) is 0. The van der Waals surface area contributed by atoms with Crippen molar-refractivity contribution >= 4 is 78.0 Å². The van der Waals surface area contributed by atoms with Crippen molar-refractivity contribution in [1.29, 1.82) is 0 Å². The first kappa shape index (κ1) is 35.0. The molecule has 0 aliphatic rings. The van der Waals surface area contributed by atoms with Gasteiger partial charge in [-0.2, -0.15) is 0 Å². The second-order valence-electron chi connectivity index (χ2n) is 14.5. The smallest absolute Gasteiger partial charge is 0.141 e. The minimum Gasteiger partial charge on any atom is -0.457 e. The Hall–Kier alpha value is -8.22. The molecule has 0 unspecified atom stereocenters. The summed E-state index contributed by atoms with van der Waals surface area (Å²) in [6.45, 7) is 0. The summed E-state index contributed by atoms with van der Waals surface area (Å²) in [6, 6.07) is 73.6. The van der Waals surface area contributed by atoms with E-state index in [1.54, 1.807) is 0 Å². The van der Waals surface area contributed by atoms with Crippen LogP contribution < -0.4 is 19.3 Å². The predicted molar refractivity (Wildman–Crippen MR) is 243 cm³/mol. The van der Waals surface area contributed by atoms with Crippen molar-refractivity contribution in [2.75, 3.05) is 9.80 Å². The summed E-state index contributed by atoms with van der Waals surface area (Å²) < 4.78 is 26.7. The van der Waals surface area contributed by atoms with Gasteiger partial charge in [-0.05, 0) is 72.8 Å². The van der Waals surface area contributed by atoms with Crippen molar-refractivity contribution in [3.63, 3.8) is 0 Å². The number of para-hydroxylation sites is 6. The molecular weight excluding hydrogens is 741 g/mol. The van der Waals surface area contributed by atoms with Gasteiger partial charge in [0.05, 0.1) is 22.1 Å². The molecule has 6 nitrogen and oxygen atoms in total. The number of benzene rings is 9. The Morgan fingerprint density at radius 2 is 0.767 bits per heavy atom. The third-order valence-corrected chi connectivity index (χ3v) is 10.7. The molecule has 60 heavy (non-hydrogen) atoms. The number of hydrogen-bond acceptors (Lipinski definition) is 6. The molecule has 0 amide bonds. The van der Waals surface area contributed by atoms with E-state index >= 15 is 0 Å². The first-order valence-electron chi connectivity index (χ1n) is 19.9. The number of anilines is 6. The average Bonchev–Trinajstić information content (AvgIpc) is 3.87. The van der Waals surface area contributed by atoms with E-state index in [9.17, 15) is 0 Å². The zero-order valence-electron chi connectivity index (χ0n) is 32.3. The second kappa shape index (κ2) is 14.9. The van der Waals surface area contributed by atoms with Crippen molar-refractivity contribution in [3.05, 3.63) is 218 Å². The van der Waals surface area contributed by atoms with E-state index in [0.29, 0.717) is 23.0 Å². The zero-order valence-corrected chi connectivity index (χ0v) is 32.3. The normalized spacial score (nSPS) is 11.3. The van der Waals surface area contributed by atoms with E-state index in [-0.39, 0.29) is 0 Å². The highest BCUT2D eigenvalue weighted by molar-refractivity contribution is 6.14. The lowest BCUT2D eigenvalue weighted by molar-refractivity contribution is 0.463. The Labute approximate surface area is 346 Å². The standard InChI is InChI=1S/C54H36N2O4/c1-5-18-37(19-6-1)55(38-20-7-2-8-21-38)41-32-50(54-46-29-14-16-31-49(46)59-51(54)33-41)58-43-27-17-26-42(34-43)57-44-35-47(53-45-28-13-15-30-48(45)60-52(53)36-44)56(39-22-9-3-10-23-39)40-24-11-4-12-25-40/h1-36H. The second-order valence-corrected chi connectivity index (χ2v) is 14.5. The molecule has 0 N–H and O–H groups in total. The van der Waals surface area contributed by atoms with Crippen molar-refractivity contribution in [2.45, 2.75) is 0 Å². The van der Waals surface area contributed by atoms with Crippen LogP contribution in [0.3, 0.4) is 0 Å². The van der Waals surface area contributed by atoms with Crippen molar-refractivity contribution in [2.24, 2.45) is 0 Å². The molecule has 0 saturated carbocycles. The van der Waals surface area contributed by atoms with Crippen LogP contribution in [0.15, 0.2) is 227 Å². The molecular formula is C54H36N2O4. The summed E-state index contributed by atoms with van der Waals surface area (Å²) in [5, 5.41) is 3.89. The Bertz CT molecular complexity index is 3190. The van der Waals surface area contributed by atoms with Gasteiger partial charge in [0.15, 0.2) is 0 Å². The number of ether oxygens (including phenoxy) is 2. The van der Waals surface area contributed by atoms with Gasteiger partial charge in [-0.25, -0.2) is 0 Å². The molecule has 0 bridgehead atoms. The van der Waals surface area contributed by atoms with Crippen LogP contribution >= 0.6 is 0 Å². The molecule has 0 fully saturated rings. The van der Waals surface area contributed by atoms with Gasteiger partial charge in [-0.1, -0.05) is 115 Å². The highest BCUT2D eigenvalue weighted by Crippen LogP contribution is 2.47. The van der Waals surface area contributed by atoms with Crippen LogP contribution in [0.1, 0.15) is 0 Å². The zero-order chi connectivity index (χ0) is 39.8. The summed E-state index contributed by atoms with van der Waals surface area (Å²) in [4.78, 5) is 4.46. The first-order valence-corrected chi connectivity index (χ1v) is 19.9. The summed E-state index contributed by atoms with van der Waals surface area (Å²) in [5.41, 5.74) is 8.93. The summed E-state index contributed by atoms with van der Waals surface area (Å²) in [6.07, 6.45) is 0. The van der Waals surface area contributed by atoms with Crippen LogP contribution in [-0.2, 0) is 0 Å². The third kappa shape index (κ3) is 6.42. The van der Waals surface area contributed by atoms with E-state index in [1.807, 2.05) is 115 Å². The first-order chi connectivity index (χ1) is 29.7. The number of hydrogen-bond donors (Lipinski definition) is 0.